The molecule has 33 heavy (non-hydrogen) atoms. The van der Waals surface area contributed by atoms with Crippen LogP contribution in [0.15, 0.2) is 141 Å². The van der Waals surface area contributed by atoms with Gasteiger partial charge < -0.3 is 0 Å². The van der Waals surface area contributed by atoms with Crippen LogP contribution in [0.4, 0.5) is 0 Å². The molecule has 0 saturated heterocycles. The molecule has 0 aliphatic heterocycles. The molecule has 0 saturated carbocycles. The molecule has 0 aliphatic rings. The molecular formula is C28H28GeS4. The van der Waals surface area contributed by atoms with Crippen molar-refractivity contribution in [2.24, 2.45) is 0 Å². The second kappa shape index (κ2) is 13.6. The van der Waals surface area contributed by atoms with Crippen LogP contribution in [0.2, 0.25) is 0 Å². The Hall–Kier alpha value is -1.18. The molecule has 0 atom stereocenters. The van der Waals surface area contributed by atoms with Gasteiger partial charge in [0.25, 0.3) is 0 Å². The van der Waals surface area contributed by atoms with Crippen molar-refractivity contribution in [3.8, 4) is 0 Å². The summed E-state index contributed by atoms with van der Waals surface area (Å²) in [6.07, 6.45) is 0. The summed E-state index contributed by atoms with van der Waals surface area (Å²) in [5.41, 5.74) is 0. The average Bonchev–Trinajstić information content (AvgIpc) is 2.90. The van der Waals surface area contributed by atoms with Gasteiger partial charge in [-0.25, -0.2) is 0 Å². The van der Waals surface area contributed by atoms with Gasteiger partial charge in [-0.15, -0.1) is 0 Å². The molecule has 4 rings (SSSR count). The van der Waals surface area contributed by atoms with Gasteiger partial charge in [0.15, 0.2) is 0 Å². The van der Waals surface area contributed by atoms with Crippen LogP contribution < -0.4 is 0 Å². The van der Waals surface area contributed by atoms with E-state index in [1.807, 2.05) is 0 Å². The molecule has 0 amide bonds. The molecule has 0 fully saturated rings. The van der Waals surface area contributed by atoms with E-state index in [9.17, 15) is 0 Å². The van der Waals surface area contributed by atoms with Gasteiger partial charge in [0.05, 0.1) is 0 Å². The molecule has 0 aliphatic carbocycles. The molecule has 0 aromatic heterocycles. The Morgan fingerprint density at radius 3 is 0.758 bits per heavy atom. The minimum atomic E-state index is -2.32. The van der Waals surface area contributed by atoms with Gasteiger partial charge in [-0.3, -0.25) is 0 Å². The van der Waals surface area contributed by atoms with Gasteiger partial charge in [0.1, 0.15) is 0 Å². The minimum absolute atomic E-state index is 1.28. The zero-order valence-electron chi connectivity index (χ0n) is 18.5. The van der Waals surface area contributed by atoms with Gasteiger partial charge in [-0.1, -0.05) is 0 Å². The topological polar surface area (TPSA) is 0 Å². The number of thioether (sulfide) groups is 4. The summed E-state index contributed by atoms with van der Waals surface area (Å²) < 4.78 is 5.13. The molecule has 0 radical (unpaired) electrons. The van der Waals surface area contributed by atoms with Gasteiger partial charge in [-0.05, 0) is 0 Å². The normalized spacial score (nSPS) is 11.4. The second-order valence-corrected chi connectivity index (χ2v) is 25.7. The molecule has 0 unspecified atom stereocenters. The van der Waals surface area contributed by atoms with Gasteiger partial charge in [0, 0.05) is 0 Å². The fourth-order valence-electron chi connectivity index (χ4n) is 3.26. The van der Waals surface area contributed by atoms with Crippen molar-refractivity contribution in [3.63, 3.8) is 0 Å². The molecule has 0 N–H and O–H groups in total. The van der Waals surface area contributed by atoms with E-state index in [0.717, 1.165) is 0 Å². The van der Waals surface area contributed by atoms with E-state index >= 15 is 0 Å². The third-order valence-corrected chi connectivity index (χ3v) is 29.7. The fourth-order valence-corrected chi connectivity index (χ4v) is 29.9. The van der Waals surface area contributed by atoms with Crippen molar-refractivity contribution in [1.82, 2.24) is 0 Å². The summed E-state index contributed by atoms with van der Waals surface area (Å²) in [7, 11) is 0. The van der Waals surface area contributed by atoms with E-state index in [-0.39, 0.29) is 0 Å². The molecule has 4 aromatic carbocycles. The molecule has 168 valence electrons. The summed E-state index contributed by atoms with van der Waals surface area (Å²) in [4.78, 5) is 5.58. The first-order valence-corrected chi connectivity index (χ1v) is 20.9. The fraction of sp³-hybridized carbons (Fsp3) is 0.143. The standard InChI is InChI=1S/C28H28GeS4/c1-5-13-25(14-6-1)30-21-29(22-31-26-15-7-2-8-16-26,23-32-27-17-9-3-10-18-27)24-33-28-19-11-4-12-20-28/h1-20H,21-24H2. The van der Waals surface area contributed by atoms with Crippen molar-refractivity contribution in [2.75, 3.05) is 18.3 Å². The van der Waals surface area contributed by atoms with Crippen LogP contribution in [-0.2, 0) is 0 Å². The van der Waals surface area contributed by atoms with E-state index in [1.54, 1.807) is 0 Å². The number of benzene rings is 4. The molecular weight excluding hydrogens is 537 g/mol. The number of hydrogen-bond donors (Lipinski definition) is 0. The molecule has 5 heteroatoms. The van der Waals surface area contributed by atoms with Crippen molar-refractivity contribution in [3.05, 3.63) is 121 Å². The maximum absolute atomic E-state index is 2.32. The second-order valence-electron chi connectivity index (χ2n) is 7.91. The quantitative estimate of drug-likeness (QED) is 0.124. The van der Waals surface area contributed by atoms with E-state index in [0.29, 0.717) is 0 Å². The summed E-state index contributed by atoms with van der Waals surface area (Å²) in [6, 6.07) is 43.8. The Morgan fingerprint density at radius 1 is 0.333 bits per heavy atom. The van der Waals surface area contributed by atoms with Gasteiger partial charge in [0.2, 0.25) is 0 Å². The van der Waals surface area contributed by atoms with Crippen molar-refractivity contribution < 1.29 is 0 Å². The van der Waals surface area contributed by atoms with Crippen LogP contribution in [0, 0.1) is 0 Å². The van der Waals surface area contributed by atoms with Crippen LogP contribution >= 0.6 is 47.0 Å². The third-order valence-electron chi connectivity index (χ3n) is 5.15. The summed E-state index contributed by atoms with van der Waals surface area (Å²) in [5.74, 6) is 0. The summed E-state index contributed by atoms with van der Waals surface area (Å²) in [6.45, 7) is 0. The zero-order valence-corrected chi connectivity index (χ0v) is 23.9. The van der Waals surface area contributed by atoms with E-state index < -0.39 is 13.3 Å². The Labute approximate surface area is 218 Å². The van der Waals surface area contributed by atoms with Crippen LogP contribution in [0.1, 0.15) is 0 Å². The van der Waals surface area contributed by atoms with Crippen molar-refractivity contribution in [2.45, 2.75) is 19.6 Å². The predicted molar refractivity (Wildman–Crippen MR) is 154 cm³/mol. The molecule has 4 aromatic rings. The summed E-state index contributed by atoms with van der Waals surface area (Å²) >= 11 is 5.98. The molecule has 0 spiro atoms. The number of hydrogen-bond acceptors (Lipinski definition) is 4. The first-order valence-electron chi connectivity index (χ1n) is 11.0. The van der Waals surface area contributed by atoms with Gasteiger partial charge in [-0.2, -0.15) is 0 Å². The Bertz CT molecular complexity index is 881. The van der Waals surface area contributed by atoms with E-state index in [4.69, 9.17) is 0 Å². The summed E-state index contributed by atoms with van der Waals surface area (Å²) in [5, 5.41) is 0. The van der Waals surface area contributed by atoms with Crippen molar-refractivity contribution >= 4 is 60.3 Å². The Balaban J connectivity index is 1.56. The third kappa shape index (κ3) is 8.52. The van der Waals surface area contributed by atoms with E-state index in [2.05, 4.69) is 168 Å². The molecule has 0 heterocycles. The SMILES string of the molecule is c1ccc(S[CH2][Ge]([CH2]Sc2ccccc2)([CH2]Sc2ccccc2)[CH2]Sc2ccccc2)cc1. The van der Waals surface area contributed by atoms with E-state index in [1.165, 1.54) is 37.9 Å². The average molecular weight is 565 g/mol. The van der Waals surface area contributed by atoms with Gasteiger partial charge >= 0.3 is 220 Å². The first-order chi connectivity index (χ1) is 16.3. The maximum atomic E-state index is 2.26. The predicted octanol–water partition coefficient (Wildman–Crippen LogP) is 8.76. The first kappa shape index (κ1) is 24.9. The van der Waals surface area contributed by atoms with Crippen LogP contribution in [0.3, 0.4) is 0 Å². The Morgan fingerprint density at radius 2 is 0.545 bits per heavy atom. The van der Waals surface area contributed by atoms with Crippen LogP contribution in [0.25, 0.3) is 0 Å². The number of rotatable bonds is 12. The van der Waals surface area contributed by atoms with Crippen molar-refractivity contribution in [1.29, 1.82) is 0 Å². The zero-order chi connectivity index (χ0) is 22.6. The monoisotopic (exact) mass is 566 g/mol. The molecule has 0 bridgehead atoms. The Kier molecular flexibility index (Phi) is 10.3. The van der Waals surface area contributed by atoms with Crippen LogP contribution in [0.5, 0.6) is 0 Å². The van der Waals surface area contributed by atoms with Crippen LogP contribution in [-0.4, -0.2) is 31.6 Å². The molecule has 0 nitrogen and oxygen atoms in total.